The van der Waals surface area contributed by atoms with E-state index in [1.165, 1.54) is 6.07 Å². The van der Waals surface area contributed by atoms with Gasteiger partial charge in [0.25, 0.3) is 0 Å². The maximum Gasteiger partial charge on any atom is 0.232 e. The molecule has 4 rings (SSSR count). The van der Waals surface area contributed by atoms with Gasteiger partial charge < -0.3 is 9.88 Å². The van der Waals surface area contributed by atoms with E-state index in [0.717, 1.165) is 11.1 Å². The molecule has 0 bridgehead atoms. The van der Waals surface area contributed by atoms with Gasteiger partial charge >= 0.3 is 0 Å². The molecule has 3 aromatic carbocycles. The normalized spacial score (nSPS) is 10.9. The van der Waals surface area contributed by atoms with Crippen LogP contribution < -0.4 is 5.32 Å². The topological polar surface area (TPSA) is 46.9 Å². The Labute approximate surface area is 175 Å². The van der Waals surface area contributed by atoms with Gasteiger partial charge in [-0.15, -0.1) is 0 Å². The van der Waals surface area contributed by atoms with Crippen LogP contribution >= 0.6 is 0 Å². The lowest BCUT2D eigenvalue weighted by atomic mass is 9.90. The summed E-state index contributed by atoms with van der Waals surface area (Å²) >= 11 is 0. The number of benzene rings is 3. The summed E-state index contributed by atoms with van der Waals surface area (Å²) in [5.41, 5.74) is 2.96. The van der Waals surface area contributed by atoms with Crippen LogP contribution in [0, 0.1) is 12.7 Å². The zero-order valence-electron chi connectivity index (χ0n) is 16.6. The number of amides is 1. The van der Waals surface area contributed by atoms with Gasteiger partial charge in [-0.3, -0.25) is 4.79 Å². The van der Waals surface area contributed by atoms with Crippen molar-refractivity contribution in [2.45, 2.75) is 19.4 Å². The molecule has 1 amide bonds. The predicted octanol–water partition coefficient (Wildman–Crippen LogP) is 4.77. The highest BCUT2D eigenvalue weighted by Crippen LogP contribution is 2.25. The van der Waals surface area contributed by atoms with E-state index in [4.69, 9.17) is 0 Å². The van der Waals surface area contributed by atoms with E-state index in [-0.39, 0.29) is 18.3 Å². The fourth-order valence-corrected chi connectivity index (χ4v) is 3.57. The summed E-state index contributed by atoms with van der Waals surface area (Å²) in [6.45, 7) is 2.07. The lowest BCUT2D eigenvalue weighted by Gasteiger charge is -2.18. The number of carbonyl (C=O) groups is 1. The number of hydrogen-bond acceptors (Lipinski definition) is 2. The van der Waals surface area contributed by atoms with Crippen molar-refractivity contribution in [3.05, 3.63) is 120 Å². The van der Waals surface area contributed by atoms with Crippen LogP contribution in [-0.2, 0) is 11.3 Å². The summed E-state index contributed by atoms with van der Waals surface area (Å²) in [5, 5.41) is 2.96. The van der Waals surface area contributed by atoms with Gasteiger partial charge in [0.05, 0.1) is 11.6 Å². The number of aryl methyl sites for hydroxylation is 1. The van der Waals surface area contributed by atoms with Gasteiger partial charge in [0, 0.05) is 18.9 Å². The lowest BCUT2D eigenvalue weighted by Crippen LogP contribution is -2.29. The highest BCUT2D eigenvalue weighted by atomic mass is 19.1. The first-order valence-corrected chi connectivity index (χ1v) is 9.80. The number of imidazole rings is 1. The van der Waals surface area contributed by atoms with Crippen LogP contribution in [0.25, 0.3) is 5.69 Å². The predicted molar refractivity (Wildman–Crippen MR) is 115 cm³/mol. The molecule has 0 saturated carbocycles. The van der Waals surface area contributed by atoms with E-state index >= 15 is 0 Å². The van der Waals surface area contributed by atoms with Gasteiger partial charge in [-0.05, 0) is 35.7 Å². The molecular weight excluding hydrogens is 377 g/mol. The van der Waals surface area contributed by atoms with Crippen molar-refractivity contribution >= 4 is 5.91 Å². The SMILES string of the molecule is Cc1nccn1-c1ccc(CNC(=O)C(c2ccccc2)c2ccccc2)cc1F. The van der Waals surface area contributed by atoms with Crippen molar-refractivity contribution in [2.24, 2.45) is 0 Å². The molecule has 5 heteroatoms. The third-order valence-corrected chi connectivity index (χ3v) is 5.09. The molecule has 4 nitrogen and oxygen atoms in total. The molecule has 1 N–H and O–H groups in total. The quantitative estimate of drug-likeness (QED) is 0.508. The van der Waals surface area contributed by atoms with Crippen molar-refractivity contribution in [3.8, 4) is 5.69 Å². The van der Waals surface area contributed by atoms with E-state index < -0.39 is 5.92 Å². The summed E-state index contributed by atoms with van der Waals surface area (Å²) < 4.78 is 16.3. The highest BCUT2D eigenvalue weighted by molar-refractivity contribution is 5.87. The second-order valence-electron chi connectivity index (χ2n) is 7.10. The van der Waals surface area contributed by atoms with Crippen molar-refractivity contribution in [3.63, 3.8) is 0 Å². The van der Waals surface area contributed by atoms with Crippen LogP contribution in [0.15, 0.2) is 91.3 Å². The van der Waals surface area contributed by atoms with Gasteiger partial charge in [0.2, 0.25) is 5.91 Å². The number of carbonyl (C=O) groups excluding carboxylic acids is 1. The Hall–Kier alpha value is -3.73. The average molecular weight is 399 g/mol. The van der Waals surface area contributed by atoms with Crippen molar-refractivity contribution in [1.82, 2.24) is 14.9 Å². The molecule has 0 spiro atoms. The number of nitrogens with zero attached hydrogens (tertiary/aromatic N) is 2. The Bertz CT molecular complexity index is 1100. The monoisotopic (exact) mass is 399 g/mol. The molecule has 0 aliphatic heterocycles. The van der Waals surface area contributed by atoms with Crippen LogP contribution in [0.4, 0.5) is 4.39 Å². The number of nitrogens with one attached hydrogen (secondary N) is 1. The van der Waals surface area contributed by atoms with E-state index in [2.05, 4.69) is 10.3 Å². The maximum absolute atomic E-state index is 14.6. The minimum absolute atomic E-state index is 0.123. The van der Waals surface area contributed by atoms with Crippen molar-refractivity contribution in [1.29, 1.82) is 0 Å². The first kappa shape index (κ1) is 19.6. The van der Waals surface area contributed by atoms with Crippen LogP contribution in [0.1, 0.15) is 28.4 Å². The molecule has 0 fully saturated rings. The second-order valence-corrected chi connectivity index (χ2v) is 7.10. The molecule has 0 unspecified atom stereocenters. The smallest absolute Gasteiger partial charge is 0.232 e. The fourth-order valence-electron chi connectivity index (χ4n) is 3.57. The van der Waals surface area contributed by atoms with Crippen LogP contribution in [0.2, 0.25) is 0 Å². The summed E-state index contributed by atoms with van der Waals surface area (Å²) in [6.07, 6.45) is 3.36. The lowest BCUT2D eigenvalue weighted by molar-refractivity contribution is -0.121. The second kappa shape index (κ2) is 8.74. The minimum Gasteiger partial charge on any atom is -0.351 e. The van der Waals surface area contributed by atoms with Gasteiger partial charge in [0.15, 0.2) is 0 Å². The Morgan fingerprint density at radius 3 is 2.17 bits per heavy atom. The molecule has 0 aliphatic rings. The minimum atomic E-state index is -0.426. The van der Waals surface area contributed by atoms with E-state index in [9.17, 15) is 9.18 Å². The van der Waals surface area contributed by atoms with Gasteiger partial charge in [-0.1, -0.05) is 66.7 Å². The molecular formula is C25H22FN3O. The zero-order valence-corrected chi connectivity index (χ0v) is 16.6. The molecule has 0 saturated heterocycles. The van der Waals surface area contributed by atoms with E-state index in [0.29, 0.717) is 17.1 Å². The molecule has 1 heterocycles. The first-order chi connectivity index (χ1) is 14.6. The summed E-state index contributed by atoms with van der Waals surface area (Å²) in [6, 6.07) is 24.3. The number of hydrogen-bond donors (Lipinski definition) is 1. The number of halogens is 1. The highest BCUT2D eigenvalue weighted by Gasteiger charge is 2.22. The fraction of sp³-hybridized carbons (Fsp3) is 0.120. The Kier molecular flexibility index (Phi) is 5.70. The van der Waals surface area contributed by atoms with Gasteiger partial charge in [-0.25, -0.2) is 9.37 Å². The third kappa shape index (κ3) is 4.15. The molecule has 4 aromatic rings. The Balaban J connectivity index is 1.53. The molecule has 0 radical (unpaired) electrons. The summed E-state index contributed by atoms with van der Waals surface area (Å²) in [7, 11) is 0. The molecule has 30 heavy (non-hydrogen) atoms. The average Bonchev–Trinajstić information content (AvgIpc) is 3.19. The molecule has 150 valence electrons. The van der Waals surface area contributed by atoms with Crippen LogP contribution in [-0.4, -0.2) is 15.5 Å². The molecule has 0 atom stereocenters. The standard InChI is InChI=1S/C25H22FN3O/c1-18-27-14-15-29(18)23-13-12-19(16-22(23)26)17-28-25(30)24(20-8-4-2-5-9-20)21-10-6-3-7-11-21/h2-16,24H,17H2,1H3,(H,28,30). The first-order valence-electron chi connectivity index (χ1n) is 9.80. The van der Waals surface area contributed by atoms with Crippen LogP contribution in [0.3, 0.4) is 0 Å². The van der Waals surface area contributed by atoms with Gasteiger partial charge in [-0.2, -0.15) is 0 Å². The largest absolute Gasteiger partial charge is 0.351 e. The molecule has 0 aliphatic carbocycles. The Morgan fingerprint density at radius 2 is 1.63 bits per heavy atom. The maximum atomic E-state index is 14.6. The summed E-state index contributed by atoms with van der Waals surface area (Å²) in [5.74, 6) is -0.193. The van der Waals surface area contributed by atoms with Crippen LogP contribution in [0.5, 0.6) is 0 Å². The zero-order chi connectivity index (χ0) is 20.9. The van der Waals surface area contributed by atoms with Crippen molar-refractivity contribution < 1.29 is 9.18 Å². The van der Waals surface area contributed by atoms with E-state index in [1.807, 2.05) is 73.7 Å². The number of rotatable bonds is 6. The molecule has 1 aromatic heterocycles. The van der Waals surface area contributed by atoms with Crippen molar-refractivity contribution in [2.75, 3.05) is 0 Å². The number of aromatic nitrogens is 2. The third-order valence-electron chi connectivity index (χ3n) is 5.09. The van der Waals surface area contributed by atoms with Gasteiger partial charge in [0.1, 0.15) is 11.6 Å². The van der Waals surface area contributed by atoms with E-state index in [1.54, 1.807) is 23.0 Å². The summed E-state index contributed by atoms with van der Waals surface area (Å²) in [4.78, 5) is 17.2. The Morgan fingerprint density at radius 1 is 1.00 bits per heavy atom.